The van der Waals surface area contributed by atoms with Gasteiger partial charge < -0.3 is 4.74 Å². The number of hydrogen-bond acceptors (Lipinski definition) is 5. The number of hydrogen-bond donors (Lipinski definition) is 0. The highest BCUT2D eigenvalue weighted by Gasteiger charge is 2.18. The number of halogens is 2. The lowest BCUT2D eigenvalue weighted by Gasteiger charge is -2.17. The first kappa shape index (κ1) is 16.1. The average Bonchev–Trinajstić information content (AvgIpc) is 2.84. The van der Waals surface area contributed by atoms with E-state index < -0.39 is 0 Å². The average molecular weight is 397 g/mol. The molecule has 8 heteroatoms. The van der Waals surface area contributed by atoms with Crippen molar-refractivity contribution in [1.82, 2.24) is 25.0 Å². The van der Waals surface area contributed by atoms with Crippen molar-refractivity contribution in [1.29, 1.82) is 0 Å². The van der Waals surface area contributed by atoms with Gasteiger partial charge in [0.15, 0.2) is 0 Å². The van der Waals surface area contributed by atoms with E-state index in [1.54, 1.807) is 6.07 Å². The van der Waals surface area contributed by atoms with Gasteiger partial charge in [-0.2, -0.15) is 4.98 Å². The van der Waals surface area contributed by atoms with Crippen molar-refractivity contribution in [3.8, 4) is 11.8 Å². The van der Waals surface area contributed by atoms with Gasteiger partial charge in [0, 0.05) is 12.7 Å². The first-order chi connectivity index (χ1) is 10.8. The Balaban J connectivity index is 1.96. The van der Waals surface area contributed by atoms with E-state index in [-0.39, 0.29) is 11.4 Å². The lowest BCUT2D eigenvalue weighted by Crippen LogP contribution is -2.16. The van der Waals surface area contributed by atoms with Gasteiger partial charge in [-0.25, -0.2) is 9.67 Å². The number of rotatable bonds is 3. The summed E-state index contributed by atoms with van der Waals surface area (Å²) in [6, 6.07) is 5.52. The zero-order valence-corrected chi connectivity index (χ0v) is 15.3. The Hall–Kier alpha value is -1.73. The Morgan fingerprint density at radius 3 is 2.74 bits per heavy atom. The molecule has 0 radical (unpaired) electrons. The molecule has 2 aromatic heterocycles. The van der Waals surface area contributed by atoms with Crippen molar-refractivity contribution in [3.05, 3.63) is 34.0 Å². The molecule has 2 heterocycles. The minimum atomic E-state index is 0.108. The van der Waals surface area contributed by atoms with Crippen molar-refractivity contribution < 1.29 is 4.74 Å². The van der Waals surface area contributed by atoms with Crippen molar-refractivity contribution in [3.63, 3.8) is 0 Å². The zero-order valence-electron chi connectivity index (χ0n) is 12.9. The van der Waals surface area contributed by atoms with Crippen LogP contribution in [-0.2, 0) is 6.54 Å². The summed E-state index contributed by atoms with van der Waals surface area (Å²) >= 11 is 9.36. The molecule has 0 amide bonds. The molecule has 1 aromatic carbocycles. The maximum atomic E-state index is 5.84. The van der Waals surface area contributed by atoms with Crippen molar-refractivity contribution in [2.75, 3.05) is 0 Å². The Morgan fingerprint density at radius 2 is 2.04 bits per heavy atom. The summed E-state index contributed by atoms with van der Waals surface area (Å²) in [6.45, 7) is 7.24. The van der Waals surface area contributed by atoms with E-state index in [9.17, 15) is 0 Å². The van der Waals surface area contributed by atoms with Crippen molar-refractivity contribution in [2.24, 2.45) is 5.41 Å². The van der Waals surface area contributed by atoms with Crippen molar-refractivity contribution in [2.45, 2.75) is 27.3 Å². The van der Waals surface area contributed by atoms with Crippen LogP contribution in [0.4, 0.5) is 0 Å². The molecule has 0 aliphatic carbocycles. The van der Waals surface area contributed by atoms with Gasteiger partial charge in [0.1, 0.15) is 16.4 Å². The summed E-state index contributed by atoms with van der Waals surface area (Å²) < 4.78 is 8.27. The number of aromatic nitrogens is 5. The van der Waals surface area contributed by atoms with Gasteiger partial charge in [-0.3, -0.25) is 0 Å². The topological polar surface area (TPSA) is 65.7 Å². The van der Waals surface area contributed by atoms with Crippen LogP contribution in [0.3, 0.4) is 0 Å². The fourth-order valence-corrected chi connectivity index (χ4v) is 2.72. The van der Waals surface area contributed by atoms with Crippen LogP contribution in [0.25, 0.3) is 11.0 Å². The zero-order chi connectivity index (χ0) is 16.6. The van der Waals surface area contributed by atoms with Gasteiger partial charge in [-0.1, -0.05) is 37.6 Å². The van der Waals surface area contributed by atoms with Gasteiger partial charge in [-0.15, -0.1) is 5.10 Å². The number of nitrogens with zero attached hydrogens (tertiary/aromatic N) is 5. The molecule has 0 fully saturated rings. The predicted molar refractivity (Wildman–Crippen MR) is 91.8 cm³/mol. The minimum absolute atomic E-state index is 0.108. The third kappa shape index (κ3) is 3.61. The molecule has 0 spiro atoms. The van der Waals surface area contributed by atoms with Crippen LogP contribution in [0.1, 0.15) is 20.8 Å². The molecule has 0 atom stereocenters. The molecule has 0 saturated heterocycles. The van der Waals surface area contributed by atoms with E-state index in [0.29, 0.717) is 15.4 Å². The third-order valence-corrected chi connectivity index (χ3v) is 3.99. The van der Waals surface area contributed by atoms with E-state index in [4.69, 9.17) is 16.3 Å². The first-order valence-corrected chi connectivity index (χ1v) is 8.19. The van der Waals surface area contributed by atoms with Crippen LogP contribution < -0.4 is 4.74 Å². The summed E-state index contributed by atoms with van der Waals surface area (Å²) in [7, 11) is 0. The summed E-state index contributed by atoms with van der Waals surface area (Å²) in [5.41, 5.74) is 1.77. The Morgan fingerprint density at radius 1 is 1.26 bits per heavy atom. The maximum absolute atomic E-state index is 5.84. The second-order valence-corrected chi connectivity index (χ2v) is 7.50. The maximum Gasteiger partial charge on any atom is 0.323 e. The lowest BCUT2D eigenvalue weighted by molar-refractivity contribution is 0.327. The van der Waals surface area contributed by atoms with Crippen molar-refractivity contribution >= 4 is 38.6 Å². The highest BCUT2D eigenvalue weighted by molar-refractivity contribution is 9.10. The molecule has 120 valence electrons. The van der Waals surface area contributed by atoms with Crippen LogP contribution in [-0.4, -0.2) is 25.0 Å². The first-order valence-electron chi connectivity index (χ1n) is 7.01. The van der Waals surface area contributed by atoms with E-state index in [1.807, 2.05) is 16.8 Å². The summed E-state index contributed by atoms with van der Waals surface area (Å²) in [6.07, 6.45) is 1.54. The SMILES string of the molecule is CC(C)(C)Cn1nnc2c(Br)c(Oc3nccc(Cl)n3)ccc21. The molecule has 3 rings (SSSR count). The van der Waals surface area contributed by atoms with Crippen LogP contribution in [0.15, 0.2) is 28.9 Å². The van der Waals surface area contributed by atoms with E-state index in [1.165, 1.54) is 6.20 Å². The smallest absolute Gasteiger partial charge is 0.323 e. The lowest BCUT2D eigenvalue weighted by atomic mass is 9.97. The fraction of sp³-hybridized carbons (Fsp3) is 0.333. The molecule has 0 unspecified atom stereocenters. The number of ether oxygens (including phenoxy) is 1. The molecular weight excluding hydrogens is 382 g/mol. The van der Waals surface area contributed by atoms with Crippen LogP contribution in [0, 0.1) is 5.41 Å². The van der Waals surface area contributed by atoms with E-state index in [0.717, 1.165) is 17.6 Å². The number of fused-ring (bicyclic) bond motifs is 1. The molecular formula is C15H15BrClN5O. The molecule has 0 N–H and O–H groups in total. The van der Waals surface area contributed by atoms with Gasteiger partial charge >= 0.3 is 6.01 Å². The monoisotopic (exact) mass is 395 g/mol. The van der Waals surface area contributed by atoms with Crippen LogP contribution in [0.5, 0.6) is 11.8 Å². The molecule has 0 aliphatic heterocycles. The Labute approximate surface area is 147 Å². The Bertz CT molecular complexity index is 859. The standard InChI is InChI=1S/C15H15BrClN5O/c1-15(2,3)8-22-9-4-5-10(12(16)13(9)20-21-22)23-14-18-7-6-11(17)19-14/h4-7H,8H2,1-3H3. The van der Waals surface area contributed by atoms with Gasteiger partial charge in [0.25, 0.3) is 0 Å². The number of benzene rings is 1. The molecule has 0 bridgehead atoms. The van der Waals surface area contributed by atoms with Gasteiger partial charge in [-0.05, 0) is 39.5 Å². The second kappa shape index (κ2) is 6.05. The van der Waals surface area contributed by atoms with E-state index >= 15 is 0 Å². The Kier molecular flexibility index (Phi) is 4.25. The molecule has 0 aliphatic rings. The van der Waals surface area contributed by atoms with Gasteiger partial charge in [0.2, 0.25) is 0 Å². The highest BCUT2D eigenvalue weighted by Crippen LogP contribution is 2.34. The summed E-state index contributed by atoms with van der Waals surface area (Å²) in [4.78, 5) is 8.04. The fourth-order valence-electron chi connectivity index (χ4n) is 2.10. The third-order valence-electron chi connectivity index (χ3n) is 3.02. The summed E-state index contributed by atoms with van der Waals surface area (Å²) in [5.74, 6) is 0.558. The van der Waals surface area contributed by atoms with E-state index in [2.05, 4.69) is 57.0 Å². The second-order valence-electron chi connectivity index (χ2n) is 6.32. The molecule has 23 heavy (non-hydrogen) atoms. The van der Waals surface area contributed by atoms with Crippen LogP contribution >= 0.6 is 27.5 Å². The molecule has 3 aromatic rings. The summed E-state index contributed by atoms with van der Waals surface area (Å²) in [5, 5.41) is 8.80. The largest absolute Gasteiger partial charge is 0.423 e. The predicted octanol–water partition coefficient (Wildman–Crippen LogP) is 4.48. The highest BCUT2D eigenvalue weighted by atomic mass is 79.9. The normalized spacial score (nSPS) is 11.9. The molecule has 6 nitrogen and oxygen atoms in total. The van der Waals surface area contributed by atoms with Gasteiger partial charge in [0.05, 0.1) is 9.99 Å². The molecule has 0 saturated carbocycles. The minimum Gasteiger partial charge on any atom is -0.423 e. The van der Waals surface area contributed by atoms with Crippen LogP contribution in [0.2, 0.25) is 5.15 Å². The quantitative estimate of drug-likeness (QED) is 0.611.